The number of amides is 1. The number of rotatable bonds is 5. The van der Waals surface area contributed by atoms with Gasteiger partial charge in [-0.15, -0.1) is 0 Å². The molecule has 1 heterocycles. The van der Waals surface area contributed by atoms with Gasteiger partial charge in [-0.2, -0.15) is 0 Å². The quantitative estimate of drug-likeness (QED) is 0.810. The highest BCUT2D eigenvalue weighted by atomic mass is 35.5. The molecule has 1 aliphatic heterocycles. The highest BCUT2D eigenvalue weighted by molar-refractivity contribution is 7.89. The van der Waals surface area contributed by atoms with Crippen molar-refractivity contribution in [1.29, 1.82) is 0 Å². The summed E-state index contributed by atoms with van der Waals surface area (Å²) in [4.78, 5) is 14.2. The van der Waals surface area contributed by atoms with Crippen molar-refractivity contribution in [3.05, 3.63) is 34.9 Å². The predicted molar refractivity (Wildman–Crippen MR) is 92.0 cm³/mol. The van der Waals surface area contributed by atoms with E-state index in [0.717, 1.165) is 5.56 Å². The number of hydrogen-bond donors (Lipinski definition) is 0. The summed E-state index contributed by atoms with van der Waals surface area (Å²) in [5.41, 5.74) is 0.916. The van der Waals surface area contributed by atoms with Gasteiger partial charge in [0.25, 0.3) is 0 Å². The Morgan fingerprint density at radius 2 is 1.83 bits per heavy atom. The van der Waals surface area contributed by atoms with Gasteiger partial charge < -0.3 is 4.90 Å². The molecule has 0 unspecified atom stereocenters. The summed E-state index contributed by atoms with van der Waals surface area (Å²) in [7, 11) is -3.19. The lowest BCUT2D eigenvalue weighted by molar-refractivity contribution is -0.130. The number of nitrogens with zero attached hydrogens (tertiary/aromatic N) is 2. The maximum Gasteiger partial charge on any atom is 0.227 e. The van der Waals surface area contributed by atoms with Crippen molar-refractivity contribution in [1.82, 2.24) is 9.21 Å². The zero-order valence-corrected chi connectivity index (χ0v) is 14.9. The molecule has 1 aromatic carbocycles. The topological polar surface area (TPSA) is 57.7 Å². The number of halogens is 1. The number of carbonyl (C=O) groups is 1. The van der Waals surface area contributed by atoms with Crippen molar-refractivity contribution in [2.75, 3.05) is 31.9 Å². The van der Waals surface area contributed by atoms with Crippen LogP contribution in [0, 0.1) is 0 Å². The van der Waals surface area contributed by atoms with Crippen molar-refractivity contribution in [2.45, 2.75) is 26.2 Å². The number of sulfonamides is 1. The lowest BCUT2D eigenvalue weighted by Gasteiger charge is -2.22. The summed E-state index contributed by atoms with van der Waals surface area (Å²) in [6.07, 6.45) is 1.60. The normalized spacial score (nSPS) is 17.0. The molecular formula is C16H23ClN2O3S. The summed E-state index contributed by atoms with van der Waals surface area (Å²) in [6.45, 7) is 3.79. The van der Waals surface area contributed by atoms with Crippen molar-refractivity contribution in [3.63, 3.8) is 0 Å². The van der Waals surface area contributed by atoms with Crippen LogP contribution in [-0.4, -0.2) is 55.5 Å². The first kappa shape index (κ1) is 18.2. The summed E-state index contributed by atoms with van der Waals surface area (Å²) in [5, 5.41) is 0.646. The van der Waals surface area contributed by atoms with Crippen molar-refractivity contribution >= 4 is 27.5 Å². The fraction of sp³-hybridized carbons (Fsp3) is 0.562. The molecule has 5 nitrogen and oxygen atoms in total. The third-order valence-corrected chi connectivity index (χ3v) is 6.26. The highest BCUT2D eigenvalue weighted by Crippen LogP contribution is 2.13. The first-order valence-electron chi connectivity index (χ1n) is 7.92. The average molecular weight is 359 g/mol. The van der Waals surface area contributed by atoms with Gasteiger partial charge in [-0.05, 0) is 30.5 Å². The molecule has 1 amide bonds. The third kappa shape index (κ3) is 5.19. The summed E-state index contributed by atoms with van der Waals surface area (Å²) >= 11 is 5.85. The maximum atomic E-state index is 12.4. The van der Waals surface area contributed by atoms with E-state index in [9.17, 15) is 13.2 Å². The van der Waals surface area contributed by atoms with E-state index in [-0.39, 0.29) is 11.7 Å². The Labute approximate surface area is 143 Å². The van der Waals surface area contributed by atoms with Crippen LogP contribution in [0.15, 0.2) is 24.3 Å². The van der Waals surface area contributed by atoms with Gasteiger partial charge in [-0.25, -0.2) is 12.7 Å². The second-order valence-corrected chi connectivity index (χ2v) is 8.28. The minimum atomic E-state index is -3.19. The molecule has 0 aromatic heterocycles. The highest BCUT2D eigenvalue weighted by Gasteiger charge is 2.26. The molecule has 1 saturated heterocycles. The van der Waals surface area contributed by atoms with Gasteiger partial charge in [0.2, 0.25) is 15.9 Å². The van der Waals surface area contributed by atoms with E-state index in [1.165, 1.54) is 4.31 Å². The van der Waals surface area contributed by atoms with Crippen LogP contribution in [0.4, 0.5) is 0 Å². The van der Waals surface area contributed by atoms with Crippen LogP contribution in [0.5, 0.6) is 0 Å². The summed E-state index contributed by atoms with van der Waals surface area (Å²) < 4.78 is 25.8. The van der Waals surface area contributed by atoms with Gasteiger partial charge in [-0.3, -0.25) is 4.79 Å². The Morgan fingerprint density at radius 1 is 1.13 bits per heavy atom. The fourth-order valence-electron chi connectivity index (χ4n) is 2.70. The first-order valence-corrected chi connectivity index (χ1v) is 9.91. The Bertz CT molecular complexity index is 631. The molecule has 7 heteroatoms. The van der Waals surface area contributed by atoms with Gasteiger partial charge in [0.15, 0.2) is 0 Å². The zero-order valence-electron chi connectivity index (χ0n) is 13.4. The molecule has 0 saturated carbocycles. The number of carbonyl (C=O) groups excluding carboxylic acids is 1. The molecule has 1 aliphatic rings. The van der Waals surface area contributed by atoms with Gasteiger partial charge >= 0.3 is 0 Å². The average Bonchev–Trinajstić information content (AvgIpc) is 2.76. The van der Waals surface area contributed by atoms with Crippen LogP contribution in [0.25, 0.3) is 0 Å². The lowest BCUT2D eigenvalue weighted by Crippen LogP contribution is -2.38. The number of benzene rings is 1. The Hall–Kier alpha value is -1.11. The van der Waals surface area contributed by atoms with Crippen molar-refractivity contribution in [3.8, 4) is 0 Å². The van der Waals surface area contributed by atoms with Crippen LogP contribution < -0.4 is 0 Å². The second kappa shape index (κ2) is 8.13. The van der Waals surface area contributed by atoms with E-state index >= 15 is 0 Å². The minimum absolute atomic E-state index is 0.0297. The van der Waals surface area contributed by atoms with E-state index in [1.54, 1.807) is 17.0 Å². The molecule has 23 heavy (non-hydrogen) atoms. The molecule has 0 atom stereocenters. The first-order chi connectivity index (χ1) is 10.9. The summed E-state index contributed by atoms with van der Waals surface area (Å²) in [6, 6.07) is 7.23. The molecule has 0 spiro atoms. The van der Waals surface area contributed by atoms with E-state index in [2.05, 4.69) is 0 Å². The van der Waals surface area contributed by atoms with Crippen LogP contribution in [0.3, 0.4) is 0 Å². The molecule has 0 aliphatic carbocycles. The van der Waals surface area contributed by atoms with E-state index in [0.29, 0.717) is 50.5 Å². The second-order valence-electron chi connectivity index (χ2n) is 5.75. The van der Waals surface area contributed by atoms with E-state index < -0.39 is 10.0 Å². The Morgan fingerprint density at radius 3 is 2.48 bits per heavy atom. The van der Waals surface area contributed by atoms with Crippen LogP contribution in [-0.2, 0) is 21.2 Å². The monoisotopic (exact) mass is 358 g/mol. The fourth-order valence-corrected chi connectivity index (χ4v) is 4.36. The van der Waals surface area contributed by atoms with Crippen LogP contribution in [0.2, 0.25) is 5.02 Å². The predicted octanol–water partition coefficient (Wildman–Crippen LogP) is 2.16. The van der Waals surface area contributed by atoms with E-state index in [1.807, 2.05) is 19.1 Å². The van der Waals surface area contributed by atoms with Gasteiger partial charge in [0, 0.05) is 31.2 Å². The minimum Gasteiger partial charge on any atom is -0.341 e. The maximum absolute atomic E-state index is 12.4. The van der Waals surface area contributed by atoms with Gasteiger partial charge in [-0.1, -0.05) is 30.7 Å². The molecule has 0 radical (unpaired) electrons. The SMILES string of the molecule is CCCS(=O)(=O)N1CCCN(C(=O)Cc2ccc(Cl)cc2)CC1. The number of hydrogen-bond acceptors (Lipinski definition) is 3. The van der Waals surface area contributed by atoms with Crippen molar-refractivity contribution < 1.29 is 13.2 Å². The smallest absolute Gasteiger partial charge is 0.227 e. The van der Waals surface area contributed by atoms with Gasteiger partial charge in [0.1, 0.15) is 0 Å². The summed E-state index contributed by atoms with van der Waals surface area (Å²) in [5.74, 6) is 0.202. The molecule has 1 fully saturated rings. The molecule has 0 N–H and O–H groups in total. The largest absolute Gasteiger partial charge is 0.341 e. The third-order valence-electron chi connectivity index (χ3n) is 3.93. The van der Waals surface area contributed by atoms with E-state index in [4.69, 9.17) is 11.6 Å². The van der Waals surface area contributed by atoms with Crippen LogP contribution in [0.1, 0.15) is 25.3 Å². The van der Waals surface area contributed by atoms with Crippen molar-refractivity contribution in [2.24, 2.45) is 0 Å². The lowest BCUT2D eigenvalue weighted by atomic mass is 10.1. The van der Waals surface area contributed by atoms with Gasteiger partial charge in [0.05, 0.1) is 12.2 Å². The standard InChI is InChI=1S/C16H23ClN2O3S/c1-2-12-23(21,22)19-9-3-8-18(10-11-19)16(20)13-14-4-6-15(17)7-5-14/h4-7H,2-3,8-13H2,1H3. The zero-order chi connectivity index (χ0) is 16.9. The Kier molecular flexibility index (Phi) is 6.44. The molecule has 128 valence electrons. The molecule has 2 rings (SSSR count). The molecule has 1 aromatic rings. The van der Waals surface area contributed by atoms with Crippen LogP contribution >= 0.6 is 11.6 Å². The molecule has 0 bridgehead atoms. The Balaban J connectivity index is 1.94. The molecular weight excluding hydrogens is 336 g/mol.